The van der Waals surface area contributed by atoms with Crippen LogP contribution in [0.25, 0.3) is 0 Å². The van der Waals surface area contributed by atoms with Gasteiger partial charge in [-0.1, -0.05) is 12.2 Å². The average molecular weight is 295 g/mol. The van der Waals surface area contributed by atoms with Gasteiger partial charge in [-0.25, -0.2) is 12.8 Å². The molecule has 108 valence electrons. The predicted octanol–water partition coefficient (Wildman–Crippen LogP) is 2.85. The van der Waals surface area contributed by atoms with Gasteiger partial charge in [0.2, 0.25) is 0 Å². The Morgan fingerprint density at radius 3 is 2.70 bits per heavy atom. The SMILES string of the molecule is CS(=O)(=O)c1ccc(F)c(NCC2CC3C=CC2C3)c1. The number of fused-ring (bicyclic) bond motifs is 2. The molecule has 1 fully saturated rings. The Bertz CT molecular complexity index is 654. The van der Waals surface area contributed by atoms with Crippen LogP contribution in [0.2, 0.25) is 0 Å². The van der Waals surface area contributed by atoms with Crippen molar-refractivity contribution in [1.29, 1.82) is 0 Å². The Kier molecular flexibility index (Phi) is 3.32. The molecule has 0 spiro atoms. The van der Waals surface area contributed by atoms with Crippen molar-refractivity contribution in [3.05, 3.63) is 36.2 Å². The quantitative estimate of drug-likeness (QED) is 0.686. The summed E-state index contributed by atoms with van der Waals surface area (Å²) in [5.41, 5.74) is 0.277. The van der Waals surface area contributed by atoms with Crippen molar-refractivity contribution in [1.82, 2.24) is 0 Å². The Hall–Kier alpha value is -1.36. The third-order valence-electron chi connectivity index (χ3n) is 4.34. The molecule has 0 aromatic heterocycles. The first-order valence-electron chi connectivity index (χ1n) is 6.85. The van der Waals surface area contributed by atoms with Crippen LogP contribution in [0, 0.1) is 23.6 Å². The summed E-state index contributed by atoms with van der Waals surface area (Å²) in [5.74, 6) is 1.38. The first-order valence-corrected chi connectivity index (χ1v) is 8.74. The molecule has 1 N–H and O–H groups in total. The van der Waals surface area contributed by atoms with Gasteiger partial charge < -0.3 is 5.32 Å². The van der Waals surface area contributed by atoms with Crippen molar-refractivity contribution in [2.45, 2.75) is 17.7 Å². The van der Waals surface area contributed by atoms with Crippen LogP contribution in [0.1, 0.15) is 12.8 Å². The number of halogens is 1. The number of hydrogen-bond acceptors (Lipinski definition) is 3. The van der Waals surface area contributed by atoms with E-state index >= 15 is 0 Å². The zero-order valence-electron chi connectivity index (χ0n) is 11.3. The van der Waals surface area contributed by atoms with Crippen molar-refractivity contribution in [2.24, 2.45) is 17.8 Å². The number of benzene rings is 1. The molecule has 3 atom stereocenters. The van der Waals surface area contributed by atoms with E-state index in [9.17, 15) is 12.8 Å². The number of anilines is 1. The molecule has 20 heavy (non-hydrogen) atoms. The summed E-state index contributed by atoms with van der Waals surface area (Å²) in [5, 5.41) is 3.08. The molecule has 1 aromatic rings. The minimum atomic E-state index is -3.31. The van der Waals surface area contributed by atoms with Crippen molar-refractivity contribution in [3.63, 3.8) is 0 Å². The molecular formula is C15H18FNO2S. The third kappa shape index (κ3) is 2.59. The molecule has 0 amide bonds. The molecule has 0 aliphatic heterocycles. The fourth-order valence-corrected chi connectivity index (χ4v) is 3.89. The van der Waals surface area contributed by atoms with Gasteiger partial charge in [-0.15, -0.1) is 0 Å². The normalized spacial score (nSPS) is 28.0. The lowest BCUT2D eigenvalue weighted by Gasteiger charge is -2.19. The second kappa shape index (κ2) is 4.88. The predicted molar refractivity (Wildman–Crippen MR) is 76.8 cm³/mol. The molecule has 2 aliphatic carbocycles. The van der Waals surface area contributed by atoms with Gasteiger partial charge in [0, 0.05) is 12.8 Å². The standard InChI is InChI=1S/C15H18FNO2S/c1-20(18,19)13-4-5-14(16)15(8-13)17-9-12-7-10-2-3-11(12)6-10/h2-5,8,10-12,17H,6-7,9H2,1H3. The maximum absolute atomic E-state index is 13.7. The van der Waals surface area contributed by atoms with Crippen LogP contribution >= 0.6 is 0 Å². The topological polar surface area (TPSA) is 46.2 Å². The fourth-order valence-electron chi connectivity index (χ4n) is 3.24. The van der Waals surface area contributed by atoms with Crippen LogP contribution in [-0.4, -0.2) is 21.2 Å². The number of nitrogens with one attached hydrogen (secondary N) is 1. The van der Waals surface area contributed by atoms with E-state index in [1.807, 2.05) is 0 Å². The van der Waals surface area contributed by atoms with E-state index in [1.165, 1.54) is 24.6 Å². The molecule has 2 aliphatic rings. The Morgan fingerprint density at radius 2 is 2.10 bits per heavy atom. The van der Waals surface area contributed by atoms with Gasteiger partial charge >= 0.3 is 0 Å². The summed E-state index contributed by atoms with van der Waals surface area (Å²) in [6, 6.07) is 3.89. The van der Waals surface area contributed by atoms with Crippen molar-refractivity contribution in [3.8, 4) is 0 Å². The van der Waals surface area contributed by atoms with Gasteiger partial charge in [0.25, 0.3) is 0 Å². The largest absolute Gasteiger partial charge is 0.382 e. The lowest BCUT2D eigenvalue weighted by atomic mass is 9.93. The van der Waals surface area contributed by atoms with Gasteiger partial charge in [0.15, 0.2) is 9.84 Å². The average Bonchev–Trinajstić information content (AvgIpc) is 2.98. The molecule has 3 unspecified atom stereocenters. The second-order valence-corrected chi connectivity index (χ2v) is 7.85. The van der Waals surface area contributed by atoms with Gasteiger partial charge in [-0.2, -0.15) is 0 Å². The second-order valence-electron chi connectivity index (χ2n) is 5.84. The summed E-state index contributed by atoms with van der Waals surface area (Å²) in [6.07, 6.45) is 8.00. The lowest BCUT2D eigenvalue weighted by molar-refractivity contribution is 0.470. The van der Waals surface area contributed by atoms with Gasteiger partial charge in [0.1, 0.15) is 5.82 Å². The van der Waals surface area contributed by atoms with Gasteiger partial charge in [-0.05, 0) is 48.8 Å². The summed E-state index contributed by atoms with van der Waals surface area (Å²) < 4.78 is 36.8. The van der Waals surface area contributed by atoms with Crippen LogP contribution in [0.5, 0.6) is 0 Å². The van der Waals surface area contributed by atoms with E-state index in [1.54, 1.807) is 0 Å². The van der Waals surface area contributed by atoms with E-state index in [-0.39, 0.29) is 10.6 Å². The van der Waals surface area contributed by atoms with Crippen molar-refractivity contribution < 1.29 is 12.8 Å². The van der Waals surface area contributed by atoms with Crippen LogP contribution < -0.4 is 5.32 Å². The molecule has 5 heteroatoms. The summed E-state index contributed by atoms with van der Waals surface area (Å²) in [7, 11) is -3.31. The third-order valence-corrected chi connectivity index (χ3v) is 5.45. The molecule has 0 saturated heterocycles. The highest BCUT2D eigenvalue weighted by atomic mass is 32.2. The number of rotatable bonds is 4. The molecular weight excluding hydrogens is 277 g/mol. The molecule has 2 bridgehead atoms. The van der Waals surface area contributed by atoms with Crippen LogP contribution in [0.15, 0.2) is 35.2 Å². The highest BCUT2D eigenvalue weighted by Crippen LogP contribution is 2.43. The van der Waals surface area contributed by atoms with E-state index in [0.29, 0.717) is 24.3 Å². The zero-order chi connectivity index (χ0) is 14.3. The lowest BCUT2D eigenvalue weighted by Crippen LogP contribution is -2.19. The molecule has 0 radical (unpaired) electrons. The smallest absolute Gasteiger partial charge is 0.175 e. The molecule has 0 heterocycles. The first-order chi connectivity index (χ1) is 9.43. The summed E-state index contributed by atoms with van der Waals surface area (Å²) in [6.45, 7) is 0.690. The first kappa shape index (κ1) is 13.6. The maximum Gasteiger partial charge on any atom is 0.175 e. The van der Waals surface area contributed by atoms with Crippen molar-refractivity contribution >= 4 is 15.5 Å². The maximum atomic E-state index is 13.7. The summed E-state index contributed by atoms with van der Waals surface area (Å²) in [4.78, 5) is 0.147. The number of sulfone groups is 1. The number of hydrogen-bond donors (Lipinski definition) is 1. The Labute approximate surface area is 118 Å². The van der Waals surface area contributed by atoms with Crippen LogP contribution in [-0.2, 0) is 9.84 Å². The molecule has 1 aromatic carbocycles. The molecule has 3 nitrogen and oxygen atoms in total. The minimum Gasteiger partial charge on any atom is -0.382 e. The van der Waals surface area contributed by atoms with E-state index in [2.05, 4.69) is 17.5 Å². The Morgan fingerprint density at radius 1 is 1.30 bits per heavy atom. The zero-order valence-corrected chi connectivity index (χ0v) is 12.2. The van der Waals surface area contributed by atoms with Gasteiger partial charge in [-0.3, -0.25) is 0 Å². The molecule has 1 saturated carbocycles. The minimum absolute atomic E-state index is 0.147. The van der Waals surface area contributed by atoms with Crippen LogP contribution in [0.4, 0.5) is 10.1 Å². The monoisotopic (exact) mass is 295 g/mol. The van der Waals surface area contributed by atoms with Crippen LogP contribution in [0.3, 0.4) is 0 Å². The van der Waals surface area contributed by atoms with E-state index in [0.717, 1.165) is 12.7 Å². The van der Waals surface area contributed by atoms with E-state index < -0.39 is 15.7 Å². The number of allylic oxidation sites excluding steroid dienone is 2. The molecule has 3 rings (SSSR count). The highest BCUT2D eigenvalue weighted by molar-refractivity contribution is 7.90. The van der Waals surface area contributed by atoms with Crippen molar-refractivity contribution in [2.75, 3.05) is 18.1 Å². The van der Waals surface area contributed by atoms with Gasteiger partial charge in [0.05, 0.1) is 10.6 Å². The summed E-state index contributed by atoms with van der Waals surface area (Å²) >= 11 is 0. The highest BCUT2D eigenvalue weighted by Gasteiger charge is 2.35. The van der Waals surface area contributed by atoms with E-state index in [4.69, 9.17) is 0 Å². The Balaban J connectivity index is 1.72. The fraction of sp³-hybridized carbons (Fsp3) is 0.467.